The summed E-state index contributed by atoms with van der Waals surface area (Å²) in [6.07, 6.45) is 5.21. The maximum Gasteiger partial charge on any atom is 0.0378 e. The molecule has 2 nitrogen and oxygen atoms in total. The number of aromatic nitrogens is 1. The third-order valence-electron chi connectivity index (χ3n) is 1.90. The van der Waals surface area contributed by atoms with Crippen LogP contribution in [0, 0.1) is 13.8 Å². The maximum absolute atomic E-state index is 4.34. The summed E-state index contributed by atoms with van der Waals surface area (Å²) in [7, 11) is 4.05. The summed E-state index contributed by atoms with van der Waals surface area (Å²) >= 11 is 0. The molecular weight excluding hydrogens is 172 g/mol. The molecule has 0 bridgehead atoms. The molecule has 0 saturated carbocycles. The summed E-state index contributed by atoms with van der Waals surface area (Å²) in [4.78, 5) is 6.39. The normalized spacial score (nSPS) is 10.9. The molecule has 0 aliphatic carbocycles. The lowest BCUT2D eigenvalue weighted by atomic mass is 10.1. The highest BCUT2D eigenvalue weighted by atomic mass is 15.0. The molecule has 0 radical (unpaired) electrons. The summed E-state index contributed by atoms with van der Waals surface area (Å²) in [5.74, 6) is 0. The van der Waals surface area contributed by atoms with Gasteiger partial charge in [-0.1, -0.05) is 6.08 Å². The zero-order chi connectivity index (χ0) is 10.6. The molecular formula is C12H18N2. The Morgan fingerprint density at radius 2 is 1.79 bits per heavy atom. The van der Waals surface area contributed by atoms with Gasteiger partial charge in [-0.15, -0.1) is 0 Å². The van der Waals surface area contributed by atoms with Gasteiger partial charge in [-0.3, -0.25) is 4.98 Å². The minimum atomic E-state index is 0.975. The highest BCUT2D eigenvalue weighted by molar-refractivity contribution is 5.22. The van der Waals surface area contributed by atoms with Crippen molar-refractivity contribution in [1.29, 1.82) is 0 Å². The number of rotatable bonds is 3. The third kappa shape index (κ3) is 3.60. The van der Waals surface area contributed by atoms with Gasteiger partial charge in [0.25, 0.3) is 0 Å². The molecule has 1 rings (SSSR count). The topological polar surface area (TPSA) is 16.1 Å². The monoisotopic (exact) mass is 190 g/mol. The Morgan fingerprint density at radius 1 is 1.21 bits per heavy atom. The molecule has 0 amide bonds. The number of aryl methyl sites for hydroxylation is 2. The number of pyridine rings is 1. The van der Waals surface area contributed by atoms with E-state index in [0.717, 1.165) is 17.8 Å². The van der Waals surface area contributed by atoms with Gasteiger partial charge >= 0.3 is 0 Å². The average Bonchev–Trinajstić information content (AvgIpc) is 2.01. The second-order valence-corrected chi connectivity index (χ2v) is 3.81. The molecule has 1 heterocycles. The van der Waals surface area contributed by atoms with E-state index < -0.39 is 0 Å². The molecule has 0 spiro atoms. The Bertz CT molecular complexity index is 307. The fraction of sp³-hybridized carbons (Fsp3) is 0.417. The van der Waals surface area contributed by atoms with Gasteiger partial charge in [0.05, 0.1) is 0 Å². The van der Waals surface area contributed by atoms with Crippen LogP contribution < -0.4 is 0 Å². The first-order chi connectivity index (χ1) is 6.58. The van der Waals surface area contributed by atoms with E-state index in [-0.39, 0.29) is 0 Å². The van der Waals surface area contributed by atoms with Crippen LogP contribution in [0.2, 0.25) is 0 Å². The molecule has 0 atom stereocenters. The van der Waals surface area contributed by atoms with Crippen LogP contribution in [-0.2, 0) is 6.42 Å². The minimum absolute atomic E-state index is 0.975. The van der Waals surface area contributed by atoms with Crippen molar-refractivity contribution in [2.24, 2.45) is 0 Å². The van der Waals surface area contributed by atoms with Crippen molar-refractivity contribution in [3.63, 3.8) is 0 Å². The smallest absolute Gasteiger partial charge is 0.0378 e. The molecule has 76 valence electrons. The molecule has 1 aromatic rings. The van der Waals surface area contributed by atoms with Crippen LogP contribution in [-0.4, -0.2) is 24.0 Å². The first kappa shape index (κ1) is 10.8. The van der Waals surface area contributed by atoms with E-state index in [4.69, 9.17) is 0 Å². The van der Waals surface area contributed by atoms with Gasteiger partial charge in [0.2, 0.25) is 0 Å². The predicted molar refractivity (Wildman–Crippen MR) is 60.2 cm³/mol. The quantitative estimate of drug-likeness (QED) is 0.727. The van der Waals surface area contributed by atoms with Gasteiger partial charge < -0.3 is 4.90 Å². The van der Waals surface area contributed by atoms with Crippen LogP contribution in [0.4, 0.5) is 0 Å². The summed E-state index contributed by atoms with van der Waals surface area (Å²) < 4.78 is 0. The van der Waals surface area contributed by atoms with Crippen LogP contribution in [0.3, 0.4) is 0 Å². The largest absolute Gasteiger partial charge is 0.384 e. The number of allylic oxidation sites excluding steroid dienone is 1. The van der Waals surface area contributed by atoms with E-state index in [9.17, 15) is 0 Å². The fourth-order valence-electron chi connectivity index (χ4n) is 1.44. The lowest BCUT2D eigenvalue weighted by Gasteiger charge is -2.04. The minimum Gasteiger partial charge on any atom is -0.384 e. The molecule has 0 N–H and O–H groups in total. The van der Waals surface area contributed by atoms with Gasteiger partial charge in [-0.05, 0) is 44.2 Å². The van der Waals surface area contributed by atoms with Crippen LogP contribution in [0.5, 0.6) is 0 Å². The molecule has 1 aromatic heterocycles. The van der Waals surface area contributed by atoms with Crippen molar-refractivity contribution in [3.8, 4) is 0 Å². The molecule has 0 aliphatic rings. The van der Waals surface area contributed by atoms with E-state index in [1.165, 1.54) is 5.56 Å². The summed E-state index contributed by atoms with van der Waals surface area (Å²) in [6, 6.07) is 4.26. The Labute approximate surface area is 86.3 Å². The van der Waals surface area contributed by atoms with E-state index in [0.29, 0.717) is 0 Å². The molecule has 0 unspecified atom stereocenters. The second-order valence-electron chi connectivity index (χ2n) is 3.81. The Balaban J connectivity index is 2.67. The Hall–Kier alpha value is -1.31. The number of hydrogen-bond donors (Lipinski definition) is 0. The van der Waals surface area contributed by atoms with E-state index in [1.54, 1.807) is 0 Å². The first-order valence-corrected chi connectivity index (χ1v) is 4.85. The maximum atomic E-state index is 4.34. The van der Waals surface area contributed by atoms with Gasteiger partial charge in [0.1, 0.15) is 0 Å². The molecule has 0 fully saturated rings. The van der Waals surface area contributed by atoms with Crippen molar-refractivity contribution in [2.45, 2.75) is 20.3 Å². The van der Waals surface area contributed by atoms with E-state index in [2.05, 4.69) is 29.4 Å². The van der Waals surface area contributed by atoms with Gasteiger partial charge in [0, 0.05) is 25.5 Å². The highest BCUT2D eigenvalue weighted by Crippen LogP contribution is 2.06. The van der Waals surface area contributed by atoms with Crippen LogP contribution in [0.15, 0.2) is 24.4 Å². The standard InChI is InChI=1S/C12H18N2/c1-10-8-12(9-11(2)13-10)6-5-7-14(3)4/h5,7-9H,6H2,1-4H3. The van der Waals surface area contributed by atoms with Gasteiger partial charge in [-0.25, -0.2) is 0 Å². The fourth-order valence-corrected chi connectivity index (χ4v) is 1.44. The van der Waals surface area contributed by atoms with Crippen molar-refractivity contribution < 1.29 is 0 Å². The van der Waals surface area contributed by atoms with Gasteiger partial charge in [0.15, 0.2) is 0 Å². The molecule has 2 heteroatoms. The van der Waals surface area contributed by atoms with Crippen molar-refractivity contribution >= 4 is 0 Å². The van der Waals surface area contributed by atoms with Crippen LogP contribution in [0.25, 0.3) is 0 Å². The van der Waals surface area contributed by atoms with E-state index >= 15 is 0 Å². The molecule has 0 aliphatic heterocycles. The predicted octanol–water partition coefficient (Wildman–Crippen LogP) is 2.32. The zero-order valence-corrected chi connectivity index (χ0v) is 9.41. The molecule has 0 saturated heterocycles. The van der Waals surface area contributed by atoms with Gasteiger partial charge in [-0.2, -0.15) is 0 Å². The van der Waals surface area contributed by atoms with Crippen molar-refractivity contribution in [3.05, 3.63) is 41.4 Å². The molecule has 14 heavy (non-hydrogen) atoms. The SMILES string of the molecule is Cc1cc(CC=CN(C)C)cc(C)n1. The van der Waals surface area contributed by atoms with Crippen molar-refractivity contribution in [1.82, 2.24) is 9.88 Å². The lowest BCUT2D eigenvalue weighted by molar-refractivity contribution is 0.562. The van der Waals surface area contributed by atoms with Crippen LogP contribution >= 0.6 is 0 Å². The first-order valence-electron chi connectivity index (χ1n) is 4.85. The summed E-state index contributed by atoms with van der Waals surface area (Å²) in [6.45, 7) is 4.07. The second kappa shape index (κ2) is 4.80. The van der Waals surface area contributed by atoms with E-state index in [1.807, 2.05) is 32.8 Å². The molecule has 0 aromatic carbocycles. The highest BCUT2D eigenvalue weighted by Gasteiger charge is 1.94. The third-order valence-corrected chi connectivity index (χ3v) is 1.90. The Morgan fingerprint density at radius 3 is 2.29 bits per heavy atom. The summed E-state index contributed by atoms with van der Waals surface area (Å²) in [5, 5.41) is 0. The average molecular weight is 190 g/mol. The number of hydrogen-bond acceptors (Lipinski definition) is 2. The number of nitrogens with zero attached hydrogens (tertiary/aromatic N) is 2. The zero-order valence-electron chi connectivity index (χ0n) is 9.41. The van der Waals surface area contributed by atoms with Crippen LogP contribution in [0.1, 0.15) is 17.0 Å². The summed E-state index contributed by atoms with van der Waals surface area (Å²) in [5.41, 5.74) is 3.52. The Kier molecular flexibility index (Phi) is 3.69. The van der Waals surface area contributed by atoms with Crippen molar-refractivity contribution in [2.75, 3.05) is 14.1 Å². The lowest BCUT2D eigenvalue weighted by Crippen LogP contribution is -2.00.